The van der Waals surface area contributed by atoms with Crippen molar-refractivity contribution in [2.75, 3.05) is 0 Å². The first kappa shape index (κ1) is 12.6. The molecule has 0 saturated heterocycles. The Hall–Kier alpha value is -1.85. The van der Waals surface area contributed by atoms with Crippen molar-refractivity contribution in [1.29, 1.82) is 0 Å². The molecule has 1 aromatic rings. The number of nitrogens with one attached hydrogen (secondary N) is 1. The third-order valence-electron chi connectivity index (χ3n) is 3.13. The van der Waals surface area contributed by atoms with Gasteiger partial charge in [-0.2, -0.15) is 0 Å². The first-order valence-electron chi connectivity index (χ1n) is 6.10. The molecule has 2 N–H and O–H groups in total. The van der Waals surface area contributed by atoms with Crippen LogP contribution in [-0.4, -0.2) is 28.2 Å². The Balaban J connectivity index is 2.16. The fraction of sp³-hybridized carbons (Fsp3) is 0.583. The summed E-state index contributed by atoms with van der Waals surface area (Å²) in [4.78, 5) is 22.6. The lowest BCUT2D eigenvalue weighted by Crippen LogP contribution is -2.38. The van der Waals surface area contributed by atoms with Gasteiger partial charge in [0.25, 0.3) is 5.91 Å². The molecule has 0 aliphatic heterocycles. The molecule has 0 unspecified atom stereocenters. The molecule has 1 heterocycles. The van der Waals surface area contributed by atoms with Crippen LogP contribution in [0.5, 0.6) is 0 Å². The molecule has 0 fully saturated rings. The highest BCUT2D eigenvalue weighted by atomic mass is 16.5. The third kappa shape index (κ3) is 2.52. The van der Waals surface area contributed by atoms with Gasteiger partial charge < -0.3 is 14.9 Å². The Morgan fingerprint density at radius 2 is 2.06 bits per heavy atom. The first-order chi connectivity index (χ1) is 8.59. The minimum atomic E-state index is -1.07. The van der Waals surface area contributed by atoms with Gasteiger partial charge in [0.05, 0.1) is 0 Å². The molecule has 0 aromatic carbocycles. The summed E-state index contributed by atoms with van der Waals surface area (Å²) < 4.78 is 5.17. The van der Waals surface area contributed by atoms with Gasteiger partial charge >= 0.3 is 5.97 Å². The van der Waals surface area contributed by atoms with Gasteiger partial charge in [0.15, 0.2) is 5.69 Å². The standard InChI is InChI=1S/C12H16N2O4/c1-7(12(16)17)13-11(15)10-8-5-3-2-4-6-9(8)18-14-10/h7H,2-6H2,1H3,(H,13,15)(H,16,17)/t7-/m1/s1. The fourth-order valence-electron chi connectivity index (χ4n) is 2.07. The van der Waals surface area contributed by atoms with Crippen molar-refractivity contribution < 1.29 is 19.2 Å². The Labute approximate surface area is 104 Å². The first-order valence-corrected chi connectivity index (χ1v) is 6.10. The largest absolute Gasteiger partial charge is 0.480 e. The smallest absolute Gasteiger partial charge is 0.325 e. The van der Waals surface area contributed by atoms with E-state index in [0.29, 0.717) is 0 Å². The number of carbonyl (C=O) groups is 2. The molecule has 1 aromatic heterocycles. The maximum atomic E-state index is 11.9. The second-order valence-corrected chi connectivity index (χ2v) is 4.53. The van der Waals surface area contributed by atoms with E-state index in [4.69, 9.17) is 9.63 Å². The molecule has 18 heavy (non-hydrogen) atoms. The summed E-state index contributed by atoms with van der Waals surface area (Å²) in [5.41, 5.74) is 1.07. The van der Waals surface area contributed by atoms with Crippen molar-refractivity contribution in [2.24, 2.45) is 0 Å². The van der Waals surface area contributed by atoms with Crippen molar-refractivity contribution in [2.45, 2.75) is 45.1 Å². The SMILES string of the molecule is C[C@@H](NC(=O)c1noc2c1CCCCC2)C(=O)O. The van der Waals surface area contributed by atoms with Gasteiger partial charge in [-0.25, -0.2) is 0 Å². The van der Waals surface area contributed by atoms with Crippen molar-refractivity contribution in [3.05, 3.63) is 17.0 Å². The van der Waals surface area contributed by atoms with Crippen LogP contribution in [0, 0.1) is 0 Å². The Bertz CT molecular complexity index is 467. The van der Waals surface area contributed by atoms with Gasteiger partial charge in [-0.1, -0.05) is 11.6 Å². The summed E-state index contributed by atoms with van der Waals surface area (Å²) in [7, 11) is 0. The second-order valence-electron chi connectivity index (χ2n) is 4.53. The monoisotopic (exact) mass is 252 g/mol. The van der Waals surface area contributed by atoms with Crippen molar-refractivity contribution in [1.82, 2.24) is 10.5 Å². The van der Waals surface area contributed by atoms with Crippen LogP contribution in [0.2, 0.25) is 0 Å². The maximum absolute atomic E-state index is 11.9. The average Bonchev–Trinajstić information content (AvgIpc) is 2.58. The number of aromatic nitrogens is 1. The molecule has 1 aliphatic carbocycles. The molecular formula is C12H16N2O4. The van der Waals surface area contributed by atoms with E-state index >= 15 is 0 Å². The molecule has 2 rings (SSSR count). The molecular weight excluding hydrogens is 236 g/mol. The highest BCUT2D eigenvalue weighted by Gasteiger charge is 2.25. The molecule has 0 spiro atoms. The molecule has 6 nitrogen and oxygen atoms in total. The predicted molar refractivity (Wildman–Crippen MR) is 62.3 cm³/mol. The van der Waals surface area contributed by atoms with Crippen molar-refractivity contribution in [3.63, 3.8) is 0 Å². The van der Waals surface area contributed by atoms with E-state index in [1.54, 1.807) is 0 Å². The molecule has 98 valence electrons. The van der Waals surface area contributed by atoms with Crippen LogP contribution in [0.25, 0.3) is 0 Å². The summed E-state index contributed by atoms with van der Waals surface area (Å²) in [6, 6.07) is -0.935. The van der Waals surface area contributed by atoms with Gasteiger partial charge in [-0.3, -0.25) is 9.59 Å². The van der Waals surface area contributed by atoms with Crippen LogP contribution in [0.3, 0.4) is 0 Å². The minimum absolute atomic E-state index is 0.236. The van der Waals surface area contributed by atoms with Crippen LogP contribution in [0.4, 0.5) is 0 Å². The molecule has 0 radical (unpaired) electrons. The highest BCUT2D eigenvalue weighted by molar-refractivity contribution is 5.96. The molecule has 1 atom stereocenters. The molecule has 0 saturated carbocycles. The summed E-state index contributed by atoms with van der Waals surface area (Å²) >= 11 is 0. The maximum Gasteiger partial charge on any atom is 0.325 e. The Morgan fingerprint density at radius 1 is 1.33 bits per heavy atom. The number of nitrogens with zero attached hydrogens (tertiary/aromatic N) is 1. The van der Waals surface area contributed by atoms with E-state index in [1.807, 2.05) is 0 Å². The summed E-state index contributed by atoms with van der Waals surface area (Å²) in [5.74, 6) is -0.782. The van der Waals surface area contributed by atoms with Crippen molar-refractivity contribution in [3.8, 4) is 0 Å². The lowest BCUT2D eigenvalue weighted by atomic mass is 10.1. The zero-order valence-corrected chi connectivity index (χ0v) is 10.2. The van der Waals surface area contributed by atoms with Crippen LogP contribution < -0.4 is 5.32 Å². The number of hydrogen-bond donors (Lipinski definition) is 2. The quantitative estimate of drug-likeness (QED) is 0.787. The van der Waals surface area contributed by atoms with E-state index < -0.39 is 17.9 Å². The number of aliphatic carboxylic acids is 1. The summed E-state index contributed by atoms with van der Waals surface area (Å²) in [6.07, 6.45) is 4.71. The third-order valence-corrected chi connectivity index (χ3v) is 3.13. The lowest BCUT2D eigenvalue weighted by molar-refractivity contribution is -0.138. The van der Waals surface area contributed by atoms with Crippen molar-refractivity contribution >= 4 is 11.9 Å². The summed E-state index contributed by atoms with van der Waals surface area (Å²) in [5, 5.41) is 14.9. The van der Waals surface area contributed by atoms with E-state index in [0.717, 1.165) is 43.4 Å². The van der Waals surface area contributed by atoms with E-state index in [-0.39, 0.29) is 5.69 Å². The zero-order chi connectivity index (χ0) is 13.1. The van der Waals surface area contributed by atoms with E-state index in [2.05, 4.69) is 10.5 Å². The number of rotatable bonds is 3. The number of aryl methyl sites for hydroxylation is 1. The summed E-state index contributed by atoms with van der Waals surface area (Å²) in [6.45, 7) is 1.42. The molecule has 6 heteroatoms. The van der Waals surface area contributed by atoms with Gasteiger partial charge in [-0.15, -0.1) is 0 Å². The van der Waals surface area contributed by atoms with Gasteiger partial charge in [0.1, 0.15) is 11.8 Å². The van der Waals surface area contributed by atoms with Gasteiger partial charge in [0.2, 0.25) is 0 Å². The average molecular weight is 252 g/mol. The van der Waals surface area contributed by atoms with Gasteiger partial charge in [0, 0.05) is 12.0 Å². The lowest BCUT2D eigenvalue weighted by Gasteiger charge is -2.08. The highest BCUT2D eigenvalue weighted by Crippen LogP contribution is 2.23. The number of carboxylic acid groups (broad SMARTS) is 1. The number of amides is 1. The molecule has 1 amide bonds. The zero-order valence-electron chi connectivity index (χ0n) is 10.2. The topological polar surface area (TPSA) is 92.4 Å². The Morgan fingerprint density at radius 3 is 2.78 bits per heavy atom. The number of carbonyl (C=O) groups excluding carboxylic acids is 1. The normalized spacial score (nSPS) is 16.5. The van der Waals surface area contributed by atoms with Crippen LogP contribution in [0.1, 0.15) is 48.0 Å². The Kier molecular flexibility index (Phi) is 3.64. The van der Waals surface area contributed by atoms with Crippen LogP contribution in [-0.2, 0) is 17.6 Å². The van der Waals surface area contributed by atoms with E-state index in [9.17, 15) is 9.59 Å². The van der Waals surface area contributed by atoms with E-state index in [1.165, 1.54) is 6.92 Å². The van der Waals surface area contributed by atoms with Crippen LogP contribution in [0.15, 0.2) is 4.52 Å². The molecule has 1 aliphatic rings. The number of carboxylic acids is 1. The fourth-order valence-corrected chi connectivity index (χ4v) is 2.07. The minimum Gasteiger partial charge on any atom is -0.480 e. The number of fused-ring (bicyclic) bond motifs is 1. The predicted octanol–water partition coefficient (Wildman–Crippen LogP) is 1.15. The van der Waals surface area contributed by atoms with Gasteiger partial charge in [-0.05, 0) is 26.2 Å². The number of hydrogen-bond acceptors (Lipinski definition) is 4. The van der Waals surface area contributed by atoms with Crippen LogP contribution >= 0.6 is 0 Å². The second kappa shape index (κ2) is 5.20. The molecule has 0 bridgehead atoms.